The van der Waals surface area contributed by atoms with Crippen LogP contribution < -0.4 is 4.74 Å². The van der Waals surface area contributed by atoms with E-state index >= 15 is 0 Å². The molecular weight excluding hydrogens is 255 g/mol. The van der Waals surface area contributed by atoms with Crippen LogP contribution in [0.2, 0.25) is 0 Å². The fraction of sp³-hybridized carbons (Fsp3) is 0.250. The van der Waals surface area contributed by atoms with Gasteiger partial charge < -0.3 is 4.74 Å². The molecule has 0 saturated carbocycles. The number of nitrogens with zero attached hydrogens (tertiary/aromatic N) is 2. The molecule has 2 rings (SSSR count). The zero-order chi connectivity index (χ0) is 14.5. The summed E-state index contributed by atoms with van der Waals surface area (Å²) in [6, 6.07) is 5.51. The van der Waals surface area contributed by atoms with Crippen LogP contribution in [0.5, 0.6) is 5.75 Å². The van der Waals surface area contributed by atoms with E-state index in [1.165, 1.54) is 6.08 Å². The van der Waals surface area contributed by atoms with Gasteiger partial charge in [-0.2, -0.15) is 5.26 Å². The van der Waals surface area contributed by atoms with Gasteiger partial charge in [-0.15, -0.1) is 0 Å². The van der Waals surface area contributed by atoms with Crippen LogP contribution in [-0.4, -0.2) is 12.1 Å². The number of halogens is 1. The van der Waals surface area contributed by atoms with Crippen LogP contribution in [0, 0.1) is 18.3 Å². The van der Waals surface area contributed by atoms with Gasteiger partial charge >= 0.3 is 0 Å². The number of aryl methyl sites for hydroxylation is 2. The number of aromatic nitrogens is 1. The van der Waals surface area contributed by atoms with Gasteiger partial charge in [0.05, 0.1) is 7.11 Å². The van der Waals surface area contributed by atoms with Crippen LogP contribution in [0.3, 0.4) is 0 Å². The summed E-state index contributed by atoms with van der Waals surface area (Å²) in [5, 5.41) is 8.66. The highest BCUT2D eigenvalue weighted by Gasteiger charge is 2.10. The lowest BCUT2D eigenvalue weighted by Gasteiger charge is -2.07. The lowest BCUT2D eigenvalue weighted by atomic mass is 10.0. The van der Waals surface area contributed by atoms with E-state index in [1.807, 2.05) is 25.1 Å². The molecule has 0 saturated heterocycles. The van der Waals surface area contributed by atoms with Crippen molar-refractivity contribution in [2.24, 2.45) is 0 Å². The van der Waals surface area contributed by atoms with Crippen molar-refractivity contribution in [3.8, 4) is 11.8 Å². The van der Waals surface area contributed by atoms with E-state index in [1.54, 1.807) is 7.11 Å². The summed E-state index contributed by atoms with van der Waals surface area (Å²) in [5.41, 5.74) is 7.57. The Bertz CT molecular complexity index is 712. The van der Waals surface area contributed by atoms with Crippen LogP contribution in [0.25, 0.3) is 0 Å². The number of pyridine rings is 1. The fourth-order valence-electron chi connectivity index (χ4n) is 1.90. The Morgan fingerprint density at radius 2 is 2.15 bits per heavy atom. The Balaban J connectivity index is 2.16. The molecule has 0 spiro atoms. The third-order valence-corrected chi connectivity index (χ3v) is 2.87. The molecule has 1 aromatic heterocycles. The van der Waals surface area contributed by atoms with Gasteiger partial charge in [0.1, 0.15) is 23.2 Å². The third kappa shape index (κ3) is 3.24. The summed E-state index contributed by atoms with van der Waals surface area (Å²) < 4.78 is 18.9. The lowest BCUT2D eigenvalue weighted by Crippen LogP contribution is -1.97. The fourth-order valence-corrected chi connectivity index (χ4v) is 1.90. The molecule has 0 fully saturated rings. The maximum atomic E-state index is 13.7. The standard InChI is InChI=1S/C16H13FN2O/c1-11-7-15(20-2)9-14(19-11)6-5-13-4-3-12(10-18)8-16(13)17/h7-9H,5-6H2,1-2H3. The first-order chi connectivity index (χ1) is 9.62. The minimum atomic E-state index is -0.431. The molecule has 3 nitrogen and oxygen atoms in total. The van der Waals surface area contributed by atoms with Crippen LogP contribution in [0.15, 0.2) is 46.6 Å². The van der Waals surface area contributed by atoms with Crippen molar-refractivity contribution in [2.75, 3.05) is 7.11 Å². The van der Waals surface area contributed by atoms with Crippen molar-refractivity contribution in [3.63, 3.8) is 0 Å². The van der Waals surface area contributed by atoms with E-state index in [0.29, 0.717) is 18.4 Å². The molecule has 1 aliphatic rings. The summed E-state index contributed by atoms with van der Waals surface area (Å²) in [6.45, 7) is 1.88. The molecule has 0 N–H and O–H groups in total. The molecule has 1 aliphatic carbocycles. The van der Waals surface area contributed by atoms with Gasteiger partial charge in [0.2, 0.25) is 0 Å². The normalized spacial score (nSPS) is 13.2. The first-order valence-electron chi connectivity index (χ1n) is 6.16. The van der Waals surface area contributed by atoms with Crippen LogP contribution in [-0.2, 0) is 6.42 Å². The first kappa shape index (κ1) is 13.8. The molecule has 0 aromatic carbocycles. The highest BCUT2D eigenvalue weighted by Crippen LogP contribution is 2.22. The Hall–Kier alpha value is -2.59. The zero-order valence-corrected chi connectivity index (χ0v) is 11.3. The molecule has 1 heterocycles. The number of hydrogen-bond donors (Lipinski definition) is 0. The van der Waals surface area contributed by atoms with E-state index in [2.05, 4.69) is 16.4 Å². The van der Waals surface area contributed by atoms with Gasteiger partial charge in [0, 0.05) is 35.2 Å². The second-order valence-electron chi connectivity index (χ2n) is 4.39. The van der Waals surface area contributed by atoms with Gasteiger partial charge in [-0.25, -0.2) is 4.39 Å². The summed E-state index contributed by atoms with van der Waals surface area (Å²) >= 11 is 0. The SMILES string of the molecule is COc1cc(C)nc(CCC2=C=C=C(C#N)C=C2F)c1. The summed E-state index contributed by atoms with van der Waals surface area (Å²) in [4.78, 5) is 4.38. The monoisotopic (exact) mass is 268 g/mol. The van der Waals surface area contributed by atoms with Crippen molar-refractivity contribution >= 4 is 0 Å². The second kappa shape index (κ2) is 6.04. The van der Waals surface area contributed by atoms with E-state index in [9.17, 15) is 4.39 Å². The molecular formula is C16H13FN2O. The van der Waals surface area contributed by atoms with Crippen molar-refractivity contribution in [2.45, 2.75) is 19.8 Å². The van der Waals surface area contributed by atoms with E-state index in [4.69, 9.17) is 10.00 Å². The number of nitriles is 1. The Labute approximate surface area is 117 Å². The van der Waals surface area contributed by atoms with Crippen LogP contribution in [0.4, 0.5) is 4.39 Å². The Morgan fingerprint density at radius 3 is 2.80 bits per heavy atom. The summed E-state index contributed by atoms with van der Waals surface area (Å²) in [7, 11) is 1.60. The molecule has 0 amide bonds. The zero-order valence-electron chi connectivity index (χ0n) is 11.3. The van der Waals surface area contributed by atoms with E-state index in [-0.39, 0.29) is 5.57 Å². The largest absolute Gasteiger partial charge is 0.497 e. The van der Waals surface area contributed by atoms with Crippen LogP contribution in [0.1, 0.15) is 17.8 Å². The molecule has 0 aliphatic heterocycles. The average Bonchev–Trinajstić information content (AvgIpc) is 2.45. The summed E-state index contributed by atoms with van der Waals surface area (Å²) in [5.74, 6) is 0.309. The predicted molar refractivity (Wildman–Crippen MR) is 72.7 cm³/mol. The van der Waals surface area contributed by atoms with Gasteiger partial charge in [-0.1, -0.05) is 11.5 Å². The number of hydrogen-bond acceptors (Lipinski definition) is 3. The lowest BCUT2D eigenvalue weighted by molar-refractivity contribution is 0.413. The van der Waals surface area contributed by atoms with Crippen molar-refractivity contribution in [1.29, 1.82) is 5.26 Å². The summed E-state index contributed by atoms with van der Waals surface area (Å²) in [6.07, 6.45) is 2.20. The molecule has 100 valence electrons. The van der Waals surface area contributed by atoms with Crippen molar-refractivity contribution < 1.29 is 9.13 Å². The minimum Gasteiger partial charge on any atom is -0.497 e. The Kier molecular flexibility index (Phi) is 4.17. The number of allylic oxidation sites excluding steroid dienone is 4. The van der Waals surface area contributed by atoms with Gasteiger partial charge in [0.25, 0.3) is 0 Å². The Morgan fingerprint density at radius 1 is 1.35 bits per heavy atom. The predicted octanol–water partition coefficient (Wildman–Crippen LogP) is 3.33. The molecule has 1 aromatic rings. The highest BCUT2D eigenvalue weighted by molar-refractivity contribution is 5.43. The number of rotatable bonds is 4. The van der Waals surface area contributed by atoms with E-state index < -0.39 is 5.83 Å². The highest BCUT2D eigenvalue weighted by atomic mass is 19.1. The van der Waals surface area contributed by atoms with Crippen molar-refractivity contribution in [3.05, 3.63) is 58.0 Å². The second-order valence-corrected chi connectivity index (χ2v) is 4.39. The van der Waals surface area contributed by atoms with Gasteiger partial charge in [0.15, 0.2) is 0 Å². The number of methoxy groups -OCH3 is 1. The topological polar surface area (TPSA) is 45.9 Å². The molecule has 0 atom stereocenters. The molecule has 20 heavy (non-hydrogen) atoms. The van der Waals surface area contributed by atoms with Crippen molar-refractivity contribution in [1.82, 2.24) is 4.98 Å². The minimum absolute atomic E-state index is 0.154. The third-order valence-electron chi connectivity index (χ3n) is 2.87. The molecule has 0 unspecified atom stereocenters. The first-order valence-corrected chi connectivity index (χ1v) is 6.16. The quantitative estimate of drug-likeness (QED) is 0.787. The maximum Gasteiger partial charge on any atom is 0.136 e. The molecule has 4 heteroatoms. The van der Waals surface area contributed by atoms with Crippen LogP contribution >= 0.6 is 0 Å². The van der Waals surface area contributed by atoms with Gasteiger partial charge in [-0.3, -0.25) is 4.98 Å². The average molecular weight is 268 g/mol. The molecule has 0 bridgehead atoms. The molecule has 0 radical (unpaired) electrons. The van der Waals surface area contributed by atoms with Gasteiger partial charge in [-0.05, 0) is 19.8 Å². The van der Waals surface area contributed by atoms with E-state index in [0.717, 1.165) is 17.1 Å². The smallest absolute Gasteiger partial charge is 0.136 e. The number of ether oxygens (including phenoxy) is 1. The maximum absolute atomic E-state index is 13.7.